The van der Waals surface area contributed by atoms with Gasteiger partial charge in [0.15, 0.2) is 0 Å². The summed E-state index contributed by atoms with van der Waals surface area (Å²) in [6.07, 6.45) is -5.84. The second kappa shape index (κ2) is 9.27. The van der Waals surface area contributed by atoms with Gasteiger partial charge in [-0.05, 0) is 42.2 Å². The predicted molar refractivity (Wildman–Crippen MR) is 116 cm³/mol. The van der Waals surface area contributed by atoms with Gasteiger partial charge < -0.3 is 4.90 Å². The quantitative estimate of drug-likeness (QED) is 0.445. The number of rotatable bonds is 6. The molecule has 4 rings (SSSR count). The third-order valence-electron chi connectivity index (χ3n) is 6.20. The summed E-state index contributed by atoms with van der Waals surface area (Å²) in [6, 6.07) is 5.32. The number of carbonyl (C=O) groups excluding carboxylic acids is 4. The molecule has 0 aliphatic carbocycles. The van der Waals surface area contributed by atoms with Gasteiger partial charge in [0.1, 0.15) is 6.04 Å². The molecule has 2 aliphatic rings. The van der Waals surface area contributed by atoms with Crippen molar-refractivity contribution in [3.05, 3.63) is 69.2 Å². The molecule has 36 heavy (non-hydrogen) atoms. The Morgan fingerprint density at radius 1 is 1.03 bits per heavy atom. The molecule has 0 bridgehead atoms. The van der Waals surface area contributed by atoms with Gasteiger partial charge in [0.05, 0.1) is 5.56 Å². The zero-order valence-electron chi connectivity index (χ0n) is 18.4. The van der Waals surface area contributed by atoms with Gasteiger partial charge in [-0.15, -0.1) is 0 Å². The number of amides is 3. The first-order valence-corrected chi connectivity index (χ1v) is 11.2. The van der Waals surface area contributed by atoms with Gasteiger partial charge in [0.2, 0.25) is 17.6 Å². The third kappa shape index (κ3) is 4.84. The van der Waals surface area contributed by atoms with Crippen molar-refractivity contribution >= 4 is 35.1 Å². The van der Waals surface area contributed by atoms with Crippen LogP contribution in [0.15, 0.2) is 36.4 Å². The molecule has 12 heteroatoms. The van der Waals surface area contributed by atoms with E-state index in [0.29, 0.717) is 28.8 Å². The highest BCUT2D eigenvalue weighted by molar-refractivity contribution is 6.30. The number of nitrogens with one attached hydrogen (secondary N) is 1. The Kier molecular flexibility index (Phi) is 6.63. The van der Waals surface area contributed by atoms with Gasteiger partial charge in [-0.25, -0.2) is 0 Å². The number of hydrogen-bond acceptors (Lipinski definition) is 4. The van der Waals surface area contributed by atoms with Crippen LogP contribution >= 0.6 is 11.6 Å². The second-order valence-electron chi connectivity index (χ2n) is 8.58. The van der Waals surface area contributed by atoms with Crippen LogP contribution in [0.4, 0.5) is 22.0 Å². The number of hydrogen-bond donors (Lipinski definition) is 1. The minimum absolute atomic E-state index is 0.0537. The minimum Gasteiger partial charge on any atom is -0.322 e. The molecule has 6 nitrogen and oxygen atoms in total. The summed E-state index contributed by atoms with van der Waals surface area (Å²) in [5.74, 6) is -7.52. The summed E-state index contributed by atoms with van der Waals surface area (Å²) >= 11 is 5.53. The zero-order chi connectivity index (χ0) is 26.4. The average Bonchev–Trinajstić information content (AvgIpc) is 3.12. The van der Waals surface area contributed by atoms with E-state index in [1.807, 2.05) is 0 Å². The summed E-state index contributed by atoms with van der Waals surface area (Å²) in [5.41, 5.74) is -1.92. The molecule has 0 radical (unpaired) electrons. The fourth-order valence-corrected chi connectivity index (χ4v) is 4.55. The SMILES string of the molecule is O=C1CCC(N2Cc3cc(CCC(=O)C(F)(F)c4ccc(Cl)cc4C(F)(F)F)ccc3C2=O)C(=O)N1. The Morgan fingerprint density at radius 2 is 1.75 bits per heavy atom. The van der Waals surface area contributed by atoms with E-state index in [0.717, 1.165) is 6.07 Å². The molecule has 2 aliphatic heterocycles. The smallest absolute Gasteiger partial charge is 0.322 e. The lowest BCUT2D eigenvalue weighted by Crippen LogP contribution is -2.52. The fraction of sp³-hybridized carbons (Fsp3) is 0.333. The maximum atomic E-state index is 14.8. The summed E-state index contributed by atoms with van der Waals surface area (Å²) in [5, 5.41) is 1.79. The van der Waals surface area contributed by atoms with Gasteiger partial charge in [-0.2, -0.15) is 22.0 Å². The second-order valence-corrected chi connectivity index (χ2v) is 9.01. The van der Waals surface area contributed by atoms with Crippen LogP contribution in [0.25, 0.3) is 0 Å². The van der Waals surface area contributed by atoms with E-state index in [9.17, 15) is 41.1 Å². The van der Waals surface area contributed by atoms with Crippen molar-refractivity contribution in [2.24, 2.45) is 0 Å². The van der Waals surface area contributed by atoms with Gasteiger partial charge in [-0.1, -0.05) is 29.8 Å². The Labute approximate surface area is 206 Å². The first-order chi connectivity index (χ1) is 16.8. The minimum atomic E-state index is -5.13. The highest BCUT2D eigenvalue weighted by Crippen LogP contribution is 2.41. The zero-order valence-corrected chi connectivity index (χ0v) is 19.2. The normalized spacial score (nSPS) is 18.3. The molecule has 0 spiro atoms. The summed E-state index contributed by atoms with van der Waals surface area (Å²) in [7, 11) is 0. The Bertz CT molecular complexity index is 1280. The lowest BCUT2D eigenvalue weighted by atomic mass is 9.94. The highest BCUT2D eigenvalue weighted by atomic mass is 35.5. The van der Waals surface area contributed by atoms with Crippen molar-refractivity contribution in [2.45, 2.75) is 50.4 Å². The van der Waals surface area contributed by atoms with E-state index in [1.165, 1.54) is 23.1 Å². The average molecular weight is 529 g/mol. The van der Waals surface area contributed by atoms with Crippen LogP contribution in [-0.2, 0) is 39.4 Å². The van der Waals surface area contributed by atoms with Gasteiger partial charge in [0.25, 0.3) is 5.91 Å². The molecule has 0 aromatic heterocycles. The number of halogens is 6. The molecule has 2 aromatic carbocycles. The highest BCUT2D eigenvalue weighted by Gasteiger charge is 2.47. The first kappa shape index (κ1) is 25.7. The Hall–Kier alpha value is -3.34. The van der Waals surface area contributed by atoms with Crippen LogP contribution in [0.1, 0.15) is 51.9 Å². The van der Waals surface area contributed by atoms with Crippen molar-refractivity contribution in [1.29, 1.82) is 0 Å². The van der Waals surface area contributed by atoms with Crippen LogP contribution in [0, 0.1) is 0 Å². The number of Topliss-reactive ketones (excluding diaryl/α,β-unsaturated/α-hetero) is 1. The molecule has 1 fully saturated rings. The number of aryl methyl sites for hydroxylation is 1. The summed E-state index contributed by atoms with van der Waals surface area (Å²) in [6.45, 7) is 0.0537. The number of nitrogens with zero attached hydrogens (tertiary/aromatic N) is 1. The molecular weight excluding hydrogens is 511 g/mol. The van der Waals surface area contributed by atoms with Crippen molar-refractivity contribution in [2.75, 3.05) is 0 Å². The van der Waals surface area contributed by atoms with Crippen molar-refractivity contribution in [3.8, 4) is 0 Å². The molecule has 2 heterocycles. The van der Waals surface area contributed by atoms with E-state index in [1.54, 1.807) is 0 Å². The van der Waals surface area contributed by atoms with E-state index >= 15 is 0 Å². The van der Waals surface area contributed by atoms with Crippen molar-refractivity contribution in [1.82, 2.24) is 10.2 Å². The van der Waals surface area contributed by atoms with E-state index < -0.39 is 64.2 Å². The molecule has 3 amide bonds. The largest absolute Gasteiger partial charge is 0.416 e. The number of alkyl halides is 5. The monoisotopic (exact) mass is 528 g/mol. The van der Waals surface area contributed by atoms with Crippen LogP contribution in [0.2, 0.25) is 5.02 Å². The Morgan fingerprint density at radius 3 is 2.42 bits per heavy atom. The standard InChI is InChI=1S/C24H18ClF5N2O4/c25-14-3-5-16(17(10-14)24(28,29)30)23(26,27)19(33)7-2-12-1-4-15-13(9-12)11-32(22(15)36)18-6-8-20(34)31-21(18)35/h1,3-5,9-10,18H,2,6-8,11H2,(H,31,34,35). The lowest BCUT2D eigenvalue weighted by molar-refractivity contribution is -0.151. The number of imide groups is 1. The number of piperidine rings is 1. The van der Waals surface area contributed by atoms with Gasteiger partial charge in [-0.3, -0.25) is 24.5 Å². The number of benzene rings is 2. The van der Waals surface area contributed by atoms with E-state index in [2.05, 4.69) is 5.32 Å². The maximum Gasteiger partial charge on any atom is 0.416 e. The van der Waals surface area contributed by atoms with Crippen LogP contribution in [-0.4, -0.2) is 34.4 Å². The molecule has 1 unspecified atom stereocenters. The van der Waals surface area contributed by atoms with Crippen LogP contribution in [0.5, 0.6) is 0 Å². The molecule has 2 aromatic rings. The third-order valence-corrected chi connectivity index (χ3v) is 6.44. The molecule has 1 saturated heterocycles. The topological polar surface area (TPSA) is 83.6 Å². The molecule has 0 saturated carbocycles. The predicted octanol–water partition coefficient (Wildman–Crippen LogP) is 4.41. The van der Waals surface area contributed by atoms with Crippen LogP contribution < -0.4 is 5.32 Å². The van der Waals surface area contributed by atoms with Gasteiger partial charge >= 0.3 is 12.1 Å². The van der Waals surface area contributed by atoms with Crippen molar-refractivity contribution in [3.63, 3.8) is 0 Å². The number of carbonyl (C=O) groups is 4. The molecule has 190 valence electrons. The van der Waals surface area contributed by atoms with E-state index in [-0.39, 0.29) is 25.8 Å². The van der Waals surface area contributed by atoms with E-state index in [4.69, 9.17) is 11.6 Å². The summed E-state index contributed by atoms with van der Waals surface area (Å²) < 4.78 is 69.3. The maximum absolute atomic E-state index is 14.8. The molecule has 1 atom stereocenters. The van der Waals surface area contributed by atoms with Crippen molar-refractivity contribution < 1.29 is 41.1 Å². The molecular formula is C24H18ClF5N2O4. The molecule has 1 N–H and O–H groups in total. The van der Waals surface area contributed by atoms with Crippen LogP contribution in [0.3, 0.4) is 0 Å². The fourth-order valence-electron chi connectivity index (χ4n) is 4.37. The summed E-state index contributed by atoms with van der Waals surface area (Å²) in [4.78, 5) is 49.9. The first-order valence-electron chi connectivity index (χ1n) is 10.8. The van der Waals surface area contributed by atoms with Gasteiger partial charge in [0, 0.05) is 35.5 Å². The number of ketones is 1. The number of fused-ring (bicyclic) bond motifs is 1. The lowest BCUT2D eigenvalue weighted by Gasteiger charge is -2.29. The Balaban J connectivity index is 1.48.